The second kappa shape index (κ2) is 5.07. The topological polar surface area (TPSA) is 71.3 Å². The molecule has 0 aromatic carbocycles. The lowest BCUT2D eigenvalue weighted by molar-refractivity contribution is -0.143. The molecule has 0 atom stereocenters. The van der Waals surface area contributed by atoms with Crippen LogP contribution in [0.1, 0.15) is 55.5 Å². The SMILES string of the molecule is Cc1cc(C(=O)NC(C)(C)C(=O)O)c(C)n1C(C)C. The molecule has 0 saturated heterocycles. The molecule has 0 bridgehead atoms. The fourth-order valence-electron chi connectivity index (χ4n) is 2.21. The second-order valence-electron chi connectivity index (χ2n) is 5.63. The molecular weight excluding hydrogens is 244 g/mol. The number of nitrogens with one attached hydrogen (secondary N) is 1. The van der Waals surface area contributed by atoms with E-state index in [9.17, 15) is 9.59 Å². The Morgan fingerprint density at radius 3 is 2.21 bits per heavy atom. The predicted octanol–water partition coefficient (Wildman–Crippen LogP) is 2.28. The van der Waals surface area contributed by atoms with Crippen LogP contribution in [-0.2, 0) is 4.79 Å². The minimum absolute atomic E-state index is 0.258. The van der Waals surface area contributed by atoms with Gasteiger partial charge in [0.2, 0.25) is 0 Å². The van der Waals surface area contributed by atoms with Gasteiger partial charge in [-0.3, -0.25) is 4.79 Å². The van der Waals surface area contributed by atoms with Gasteiger partial charge in [0.05, 0.1) is 5.56 Å². The number of rotatable bonds is 4. The summed E-state index contributed by atoms with van der Waals surface area (Å²) in [6.45, 7) is 10.8. The summed E-state index contributed by atoms with van der Waals surface area (Å²) in [6.07, 6.45) is 0. The van der Waals surface area contributed by atoms with E-state index in [4.69, 9.17) is 5.11 Å². The Hall–Kier alpha value is -1.78. The largest absolute Gasteiger partial charge is 0.480 e. The van der Waals surface area contributed by atoms with Crippen LogP contribution in [0.25, 0.3) is 0 Å². The van der Waals surface area contributed by atoms with Crippen LogP contribution in [0.2, 0.25) is 0 Å². The van der Waals surface area contributed by atoms with Crippen LogP contribution in [-0.4, -0.2) is 27.1 Å². The number of carboxylic acid groups (broad SMARTS) is 1. The van der Waals surface area contributed by atoms with Crippen molar-refractivity contribution in [3.63, 3.8) is 0 Å². The van der Waals surface area contributed by atoms with Crippen molar-refractivity contribution in [2.45, 2.75) is 53.1 Å². The van der Waals surface area contributed by atoms with Crippen molar-refractivity contribution in [3.05, 3.63) is 23.0 Å². The zero-order chi connectivity index (χ0) is 15.0. The van der Waals surface area contributed by atoms with Gasteiger partial charge in [-0.25, -0.2) is 4.79 Å². The summed E-state index contributed by atoms with van der Waals surface area (Å²) >= 11 is 0. The van der Waals surface area contributed by atoms with Crippen molar-refractivity contribution in [1.29, 1.82) is 0 Å². The summed E-state index contributed by atoms with van der Waals surface area (Å²) in [5.41, 5.74) is 1.09. The highest BCUT2D eigenvalue weighted by molar-refractivity contribution is 5.98. The average Bonchev–Trinajstić information content (AvgIpc) is 2.53. The number of nitrogens with zero attached hydrogens (tertiary/aromatic N) is 1. The molecule has 1 aromatic heterocycles. The van der Waals surface area contributed by atoms with Gasteiger partial charge in [-0.05, 0) is 47.6 Å². The minimum atomic E-state index is -1.28. The number of amides is 1. The first kappa shape index (κ1) is 15.3. The molecule has 1 aromatic rings. The van der Waals surface area contributed by atoms with E-state index in [1.54, 1.807) is 6.07 Å². The number of aromatic nitrogens is 1. The van der Waals surface area contributed by atoms with Crippen molar-refractivity contribution < 1.29 is 14.7 Å². The molecule has 0 aliphatic rings. The first-order valence-electron chi connectivity index (χ1n) is 6.32. The Labute approximate surface area is 113 Å². The van der Waals surface area contributed by atoms with Crippen LogP contribution in [0.3, 0.4) is 0 Å². The molecule has 2 N–H and O–H groups in total. The van der Waals surface area contributed by atoms with E-state index >= 15 is 0 Å². The van der Waals surface area contributed by atoms with E-state index in [0.717, 1.165) is 11.4 Å². The molecule has 5 heteroatoms. The predicted molar refractivity (Wildman–Crippen MR) is 73.5 cm³/mol. The summed E-state index contributed by atoms with van der Waals surface area (Å²) in [5, 5.41) is 11.6. The number of hydrogen-bond acceptors (Lipinski definition) is 2. The van der Waals surface area contributed by atoms with Gasteiger partial charge < -0.3 is 15.0 Å². The van der Waals surface area contributed by atoms with E-state index in [1.165, 1.54) is 13.8 Å². The van der Waals surface area contributed by atoms with Crippen LogP contribution in [0.15, 0.2) is 6.07 Å². The molecule has 1 rings (SSSR count). The fraction of sp³-hybridized carbons (Fsp3) is 0.571. The van der Waals surface area contributed by atoms with Crippen LogP contribution in [0, 0.1) is 13.8 Å². The van der Waals surface area contributed by atoms with E-state index in [2.05, 4.69) is 9.88 Å². The highest BCUT2D eigenvalue weighted by Crippen LogP contribution is 2.20. The van der Waals surface area contributed by atoms with E-state index < -0.39 is 11.5 Å². The van der Waals surface area contributed by atoms with Crippen molar-refractivity contribution >= 4 is 11.9 Å². The maximum absolute atomic E-state index is 12.2. The molecule has 19 heavy (non-hydrogen) atoms. The van der Waals surface area contributed by atoms with E-state index in [0.29, 0.717) is 5.56 Å². The van der Waals surface area contributed by atoms with Crippen LogP contribution >= 0.6 is 0 Å². The fourth-order valence-corrected chi connectivity index (χ4v) is 2.21. The molecule has 0 saturated carbocycles. The summed E-state index contributed by atoms with van der Waals surface area (Å²) in [6, 6.07) is 2.05. The van der Waals surface area contributed by atoms with Gasteiger partial charge in [0.15, 0.2) is 0 Å². The maximum atomic E-state index is 12.2. The Bertz CT molecular complexity index is 513. The molecule has 0 fully saturated rings. The molecule has 0 unspecified atom stereocenters. The lowest BCUT2D eigenvalue weighted by atomic mass is 10.1. The highest BCUT2D eigenvalue weighted by atomic mass is 16.4. The van der Waals surface area contributed by atoms with Crippen LogP contribution in [0.4, 0.5) is 0 Å². The maximum Gasteiger partial charge on any atom is 0.328 e. The minimum Gasteiger partial charge on any atom is -0.480 e. The van der Waals surface area contributed by atoms with Gasteiger partial charge in [-0.1, -0.05) is 0 Å². The first-order chi connectivity index (χ1) is 8.58. The second-order valence-corrected chi connectivity index (χ2v) is 5.63. The summed E-state index contributed by atoms with van der Waals surface area (Å²) in [7, 11) is 0. The summed E-state index contributed by atoms with van der Waals surface area (Å²) in [4.78, 5) is 23.2. The number of carbonyl (C=O) groups is 2. The van der Waals surface area contributed by atoms with Crippen LogP contribution < -0.4 is 5.32 Å². The van der Waals surface area contributed by atoms with Crippen molar-refractivity contribution in [3.8, 4) is 0 Å². The Morgan fingerprint density at radius 1 is 1.32 bits per heavy atom. The zero-order valence-corrected chi connectivity index (χ0v) is 12.4. The smallest absolute Gasteiger partial charge is 0.328 e. The third kappa shape index (κ3) is 2.97. The van der Waals surface area contributed by atoms with Crippen molar-refractivity contribution in [2.75, 3.05) is 0 Å². The lowest BCUT2D eigenvalue weighted by Crippen LogP contribution is -2.49. The molecule has 106 valence electrons. The molecule has 1 heterocycles. The standard InChI is InChI=1S/C14H22N2O3/c1-8(2)16-9(3)7-11(10(16)4)12(17)15-14(5,6)13(18)19/h7-8H,1-6H3,(H,15,17)(H,18,19). The zero-order valence-electron chi connectivity index (χ0n) is 12.4. The molecule has 0 aliphatic heterocycles. The number of carbonyl (C=O) groups excluding carboxylic acids is 1. The van der Waals surface area contributed by atoms with Gasteiger partial charge in [-0.15, -0.1) is 0 Å². The van der Waals surface area contributed by atoms with Crippen molar-refractivity contribution in [2.24, 2.45) is 0 Å². The molecule has 0 radical (unpaired) electrons. The van der Waals surface area contributed by atoms with Crippen molar-refractivity contribution in [1.82, 2.24) is 9.88 Å². The Kier molecular flexibility index (Phi) is 4.08. The summed E-state index contributed by atoms with van der Waals surface area (Å²) in [5.74, 6) is -1.41. The molecule has 5 nitrogen and oxygen atoms in total. The molecule has 1 amide bonds. The van der Waals surface area contributed by atoms with Gasteiger partial charge in [0.1, 0.15) is 5.54 Å². The third-order valence-electron chi connectivity index (χ3n) is 3.21. The van der Waals surface area contributed by atoms with Gasteiger partial charge in [0, 0.05) is 17.4 Å². The highest BCUT2D eigenvalue weighted by Gasteiger charge is 2.30. The quantitative estimate of drug-likeness (QED) is 0.878. The first-order valence-corrected chi connectivity index (χ1v) is 6.32. The van der Waals surface area contributed by atoms with Gasteiger partial charge in [0.25, 0.3) is 5.91 Å². The third-order valence-corrected chi connectivity index (χ3v) is 3.21. The average molecular weight is 266 g/mol. The van der Waals surface area contributed by atoms with Gasteiger partial charge >= 0.3 is 5.97 Å². The van der Waals surface area contributed by atoms with Crippen LogP contribution in [0.5, 0.6) is 0 Å². The summed E-state index contributed by atoms with van der Waals surface area (Å²) < 4.78 is 2.06. The Morgan fingerprint density at radius 2 is 1.84 bits per heavy atom. The molecular formula is C14H22N2O3. The number of aliphatic carboxylic acids is 1. The lowest BCUT2D eigenvalue weighted by Gasteiger charge is -2.21. The number of carboxylic acids is 1. The van der Waals surface area contributed by atoms with E-state index in [-0.39, 0.29) is 11.9 Å². The molecule has 0 aliphatic carbocycles. The number of hydrogen-bond donors (Lipinski definition) is 2. The Balaban J connectivity index is 3.09. The normalized spacial score (nSPS) is 11.7. The number of aryl methyl sites for hydroxylation is 1. The molecule has 0 spiro atoms. The monoisotopic (exact) mass is 266 g/mol. The van der Waals surface area contributed by atoms with E-state index in [1.807, 2.05) is 27.7 Å². The van der Waals surface area contributed by atoms with Gasteiger partial charge in [-0.2, -0.15) is 0 Å².